The first-order chi connectivity index (χ1) is 11.1. The van der Waals surface area contributed by atoms with E-state index in [4.69, 9.17) is 23.2 Å². The molecule has 0 unspecified atom stereocenters. The lowest BCUT2D eigenvalue weighted by Gasteiger charge is -1.98. The van der Waals surface area contributed by atoms with Gasteiger partial charge in [0.25, 0.3) is 5.91 Å². The van der Waals surface area contributed by atoms with Gasteiger partial charge < -0.3 is 0 Å². The zero-order valence-electron chi connectivity index (χ0n) is 11.6. The molecule has 0 aliphatic heterocycles. The van der Waals surface area contributed by atoms with Crippen molar-refractivity contribution in [2.45, 2.75) is 0 Å². The van der Waals surface area contributed by atoms with E-state index in [2.05, 4.69) is 20.7 Å². The molecule has 0 aliphatic rings. The first-order valence-corrected chi connectivity index (χ1v) is 8.15. The van der Waals surface area contributed by atoms with Crippen molar-refractivity contribution in [3.8, 4) is 11.3 Å². The van der Waals surface area contributed by atoms with E-state index in [0.717, 1.165) is 10.4 Å². The molecule has 23 heavy (non-hydrogen) atoms. The molecule has 0 aliphatic carbocycles. The summed E-state index contributed by atoms with van der Waals surface area (Å²) in [6, 6.07) is 10.6. The number of benzene rings is 1. The number of carbonyl (C=O) groups is 1. The molecule has 5 nitrogen and oxygen atoms in total. The molecule has 2 heterocycles. The molecule has 116 valence electrons. The fraction of sp³-hybridized carbons (Fsp3) is 0. The minimum Gasteiger partial charge on any atom is -0.272 e. The van der Waals surface area contributed by atoms with Crippen LogP contribution in [0.2, 0.25) is 10.0 Å². The van der Waals surface area contributed by atoms with Crippen molar-refractivity contribution in [1.29, 1.82) is 0 Å². The number of aromatic nitrogens is 2. The lowest BCUT2D eigenvalue weighted by Crippen LogP contribution is -2.17. The number of aromatic amines is 1. The van der Waals surface area contributed by atoms with Gasteiger partial charge in [0.1, 0.15) is 5.69 Å². The monoisotopic (exact) mass is 364 g/mol. The van der Waals surface area contributed by atoms with Gasteiger partial charge in [0.15, 0.2) is 0 Å². The maximum atomic E-state index is 12.0. The molecular weight excluding hydrogens is 355 g/mol. The van der Waals surface area contributed by atoms with E-state index in [-0.39, 0.29) is 5.91 Å². The molecule has 0 bridgehead atoms. The number of rotatable bonds is 4. The molecule has 0 saturated heterocycles. The Morgan fingerprint density at radius 3 is 2.87 bits per heavy atom. The van der Waals surface area contributed by atoms with Crippen molar-refractivity contribution in [3.05, 3.63) is 62.4 Å². The number of nitrogens with zero attached hydrogens (tertiary/aromatic N) is 2. The summed E-state index contributed by atoms with van der Waals surface area (Å²) in [5.74, 6) is -0.378. The largest absolute Gasteiger partial charge is 0.289 e. The van der Waals surface area contributed by atoms with Gasteiger partial charge >= 0.3 is 0 Å². The van der Waals surface area contributed by atoms with Crippen LogP contribution in [0.25, 0.3) is 11.3 Å². The van der Waals surface area contributed by atoms with E-state index in [0.29, 0.717) is 21.4 Å². The van der Waals surface area contributed by atoms with E-state index >= 15 is 0 Å². The van der Waals surface area contributed by atoms with Crippen LogP contribution in [0.3, 0.4) is 0 Å². The Kier molecular flexibility index (Phi) is 4.76. The van der Waals surface area contributed by atoms with Crippen molar-refractivity contribution < 1.29 is 4.79 Å². The van der Waals surface area contributed by atoms with E-state index in [1.807, 2.05) is 17.5 Å². The van der Waals surface area contributed by atoms with Gasteiger partial charge in [0.05, 0.1) is 22.0 Å². The molecule has 2 N–H and O–H groups in total. The van der Waals surface area contributed by atoms with Crippen LogP contribution in [0, 0.1) is 0 Å². The average Bonchev–Trinajstić information content (AvgIpc) is 3.21. The standard InChI is InChI=1S/C15H10Cl2N4OS/c16-11-4-3-9(6-12(11)17)13-7-14(20-19-13)15(22)21-18-8-10-2-1-5-23-10/h1-8H,(H,19,20)(H,21,22). The Hall–Kier alpha value is -2.15. The minimum absolute atomic E-state index is 0.300. The molecule has 8 heteroatoms. The SMILES string of the molecule is O=C(NN=Cc1cccs1)c1cc(-c2ccc(Cl)c(Cl)c2)n[nH]1. The quantitative estimate of drug-likeness (QED) is 0.537. The van der Waals surface area contributed by atoms with Crippen molar-refractivity contribution in [1.82, 2.24) is 15.6 Å². The molecule has 0 fully saturated rings. The molecule has 2 aromatic heterocycles. The molecule has 1 amide bonds. The molecule has 0 spiro atoms. The van der Waals surface area contributed by atoms with Gasteiger partial charge in [-0.3, -0.25) is 9.89 Å². The minimum atomic E-state index is -0.378. The van der Waals surface area contributed by atoms with Gasteiger partial charge in [-0.15, -0.1) is 11.3 Å². The summed E-state index contributed by atoms with van der Waals surface area (Å²) in [5.41, 5.74) is 4.10. The Bertz CT molecular complexity index is 858. The first kappa shape index (κ1) is 15.7. The Morgan fingerprint density at radius 2 is 2.13 bits per heavy atom. The summed E-state index contributed by atoms with van der Waals surface area (Å²) in [6.45, 7) is 0. The number of nitrogens with one attached hydrogen (secondary N) is 2. The smallest absolute Gasteiger partial charge is 0.272 e. The highest BCUT2D eigenvalue weighted by Gasteiger charge is 2.11. The number of halogens is 2. The molecule has 3 rings (SSSR count). The highest BCUT2D eigenvalue weighted by Crippen LogP contribution is 2.27. The van der Waals surface area contributed by atoms with Crippen molar-refractivity contribution in [2.24, 2.45) is 5.10 Å². The number of hydrogen-bond donors (Lipinski definition) is 2. The lowest BCUT2D eigenvalue weighted by molar-refractivity contribution is 0.0950. The zero-order chi connectivity index (χ0) is 16.2. The summed E-state index contributed by atoms with van der Waals surface area (Å²) in [5, 5.41) is 13.5. The maximum Gasteiger partial charge on any atom is 0.289 e. The van der Waals surface area contributed by atoms with Crippen LogP contribution in [0.5, 0.6) is 0 Å². The third-order valence-electron chi connectivity index (χ3n) is 2.94. The third-order valence-corrected chi connectivity index (χ3v) is 4.48. The van der Waals surface area contributed by atoms with Gasteiger partial charge in [-0.05, 0) is 29.6 Å². The van der Waals surface area contributed by atoms with Crippen LogP contribution in [-0.4, -0.2) is 22.3 Å². The van der Waals surface area contributed by atoms with Crippen LogP contribution >= 0.6 is 34.5 Å². The molecule has 3 aromatic rings. The first-order valence-electron chi connectivity index (χ1n) is 6.51. The van der Waals surface area contributed by atoms with Crippen molar-refractivity contribution in [2.75, 3.05) is 0 Å². The number of H-pyrrole nitrogens is 1. The van der Waals surface area contributed by atoms with Crippen LogP contribution in [0.4, 0.5) is 0 Å². The van der Waals surface area contributed by atoms with Crippen LogP contribution in [0.15, 0.2) is 46.9 Å². The highest BCUT2D eigenvalue weighted by atomic mass is 35.5. The number of amides is 1. The molecule has 1 aromatic carbocycles. The second kappa shape index (κ2) is 6.95. The molecule has 0 radical (unpaired) electrons. The maximum absolute atomic E-state index is 12.0. The number of hydrazone groups is 1. The Balaban J connectivity index is 1.70. The van der Waals surface area contributed by atoms with E-state index in [1.54, 1.807) is 30.5 Å². The summed E-state index contributed by atoms with van der Waals surface area (Å²) in [6.07, 6.45) is 1.58. The topological polar surface area (TPSA) is 70.1 Å². The van der Waals surface area contributed by atoms with Crippen molar-refractivity contribution >= 4 is 46.7 Å². The summed E-state index contributed by atoms with van der Waals surface area (Å²) >= 11 is 13.4. The average molecular weight is 365 g/mol. The number of hydrogen-bond acceptors (Lipinski definition) is 4. The van der Waals surface area contributed by atoms with E-state index in [1.165, 1.54) is 11.3 Å². The molecular formula is C15H10Cl2N4OS. The summed E-state index contributed by atoms with van der Waals surface area (Å²) < 4.78 is 0. The second-order valence-corrected chi connectivity index (χ2v) is 6.30. The lowest BCUT2D eigenvalue weighted by atomic mass is 10.1. The number of thiophene rings is 1. The molecule has 0 atom stereocenters. The normalized spacial score (nSPS) is 11.0. The Labute approximate surface area is 145 Å². The van der Waals surface area contributed by atoms with Gasteiger partial charge in [-0.25, -0.2) is 5.43 Å². The highest BCUT2D eigenvalue weighted by molar-refractivity contribution is 7.11. The predicted molar refractivity (Wildman–Crippen MR) is 93.4 cm³/mol. The fourth-order valence-electron chi connectivity index (χ4n) is 1.82. The van der Waals surface area contributed by atoms with E-state index < -0.39 is 0 Å². The van der Waals surface area contributed by atoms with Gasteiger partial charge in [0, 0.05) is 10.4 Å². The van der Waals surface area contributed by atoms with Crippen LogP contribution < -0.4 is 5.43 Å². The van der Waals surface area contributed by atoms with Crippen molar-refractivity contribution in [3.63, 3.8) is 0 Å². The third kappa shape index (κ3) is 3.79. The zero-order valence-corrected chi connectivity index (χ0v) is 13.9. The van der Waals surface area contributed by atoms with E-state index in [9.17, 15) is 4.79 Å². The summed E-state index contributed by atoms with van der Waals surface area (Å²) in [7, 11) is 0. The second-order valence-electron chi connectivity index (χ2n) is 4.51. The summed E-state index contributed by atoms with van der Waals surface area (Å²) in [4.78, 5) is 12.9. The van der Waals surface area contributed by atoms with Crippen LogP contribution in [0.1, 0.15) is 15.4 Å². The fourth-order valence-corrected chi connectivity index (χ4v) is 2.70. The number of carbonyl (C=O) groups excluding carboxylic acids is 1. The van der Waals surface area contributed by atoms with Gasteiger partial charge in [0.2, 0.25) is 0 Å². The predicted octanol–water partition coefficient (Wildman–Crippen LogP) is 4.21. The van der Waals surface area contributed by atoms with Gasteiger partial charge in [-0.2, -0.15) is 10.2 Å². The van der Waals surface area contributed by atoms with Gasteiger partial charge in [-0.1, -0.05) is 35.3 Å². The molecule has 0 saturated carbocycles. The Morgan fingerprint density at radius 1 is 1.26 bits per heavy atom. The van der Waals surface area contributed by atoms with Crippen LogP contribution in [-0.2, 0) is 0 Å².